The molecule has 1 aromatic heterocycles. The van der Waals surface area contributed by atoms with E-state index in [1.54, 1.807) is 24.3 Å². The van der Waals surface area contributed by atoms with Gasteiger partial charge in [0.25, 0.3) is 11.1 Å². The number of aromatic nitrogens is 2. The molecule has 2 aromatic rings. The summed E-state index contributed by atoms with van der Waals surface area (Å²) in [5, 5.41) is 6.03. The van der Waals surface area contributed by atoms with Gasteiger partial charge in [0.15, 0.2) is 0 Å². The van der Waals surface area contributed by atoms with E-state index >= 15 is 0 Å². The molecule has 1 unspecified atom stereocenters. The summed E-state index contributed by atoms with van der Waals surface area (Å²) in [7, 11) is 0. The van der Waals surface area contributed by atoms with Gasteiger partial charge in [0, 0.05) is 19.6 Å². The number of benzene rings is 1. The monoisotopic (exact) mass is 317 g/mol. The van der Waals surface area contributed by atoms with Crippen molar-refractivity contribution in [3.63, 3.8) is 0 Å². The van der Waals surface area contributed by atoms with Crippen LogP contribution in [0.4, 0.5) is 0 Å². The molecule has 0 spiro atoms. The minimum absolute atomic E-state index is 0.0853. The maximum atomic E-state index is 12.3. The molecule has 7 nitrogen and oxygen atoms in total. The Kier molecular flexibility index (Phi) is 4.57. The number of rotatable bonds is 5. The van der Waals surface area contributed by atoms with E-state index in [-0.39, 0.29) is 36.1 Å². The summed E-state index contributed by atoms with van der Waals surface area (Å²) >= 11 is 0. The number of aromatic amines is 1. The van der Waals surface area contributed by atoms with Gasteiger partial charge in [-0.15, -0.1) is 0 Å². The fourth-order valence-corrected chi connectivity index (χ4v) is 2.74. The number of amides is 1. The molecule has 1 saturated heterocycles. The van der Waals surface area contributed by atoms with Crippen LogP contribution in [0.15, 0.2) is 33.9 Å². The van der Waals surface area contributed by atoms with Gasteiger partial charge >= 0.3 is 0 Å². The van der Waals surface area contributed by atoms with Gasteiger partial charge in [0.2, 0.25) is 5.91 Å². The molecule has 0 saturated carbocycles. The number of nitrogens with zero attached hydrogens (tertiary/aromatic N) is 1. The summed E-state index contributed by atoms with van der Waals surface area (Å²) in [6, 6.07) is 6.64. The van der Waals surface area contributed by atoms with Crippen LogP contribution in [0.2, 0.25) is 0 Å². The SMILES string of the molecule is O=C(CCn1[nH]c(=O)c2ccccc2c1=O)NCC1CCCO1. The van der Waals surface area contributed by atoms with Crippen molar-refractivity contribution < 1.29 is 9.53 Å². The number of nitrogens with one attached hydrogen (secondary N) is 2. The highest BCUT2D eigenvalue weighted by molar-refractivity contribution is 5.80. The predicted molar refractivity (Wildman–Crippen MR) is 85.4 cm³/mol. The van der Waals surface area contributed by atoms with Crippen molar-refractivity contribution in [1.82, 2.24) is 15.1 Å². The molecule has 3 rings (SSSR count). The summed E-state index contributed by atoms with van der Waals surface area (Å²) in [5.41, 5.74) is -0.632. The minimum atomic E-state index is -0.333. The number of fused-ring (bicyclic) bond motifs is 1. The van der Waals surface area contributed by atoms with Crippen LogP contribution in [-0.4, -0.2) is 34.9 Å². The van der Waals surface area contributed by atoms with E-state index < -0.39 is 0 Å². The Labute approximate surface area is 132 Å². The molecule has 1 atom stereocenters. The number of H-pyrrole nitrogens is 1. The third-order valence-electron chi connectivity index (χ3n) is 4.00. The minimum Gasteiger partial charge on any atom is -0.376 e. The van der Waals surface area contributed by atoms with Gasteiger partial charge in [0.1, 0.15) is 0 Å². The van der Waals surface area contributed by atoms with Crippen molar-refractivity contribution in [3.8, 4) is 0 Å². The van der Waals surface area contributed by atoms with Gasteiger partial charge in [-0.2, -0.15) is 0 Å². The van der Waals surface area contributed by atoms with Gasteiger partial charge in [0.05, 0.1) is 23.4 Å². The molecule has 122 valence electrons. The zero-order valence-electron chi connectivity index (χ0n) is 12.7. The van der Waals surface area contributed by atoms with Crippen molar-refractivity contribution in [3.05, 3.63) is 45.0 Å². The van der Waals surface area contributed by atoms with Crippen LogP contribution in [0, 0.1) is 0 Å². The number of ether oxygens (including phenoxy) is 1. The lowest BCUT2D eigenvalue weighted by molar-refractivity contribution is -0.121. The quantitative estimate of drug-likeness (QED) is 0.833. The maximum Gasteiger partial charge on any atom is 0.273 e. The van der Waals surface area contributed by atoms with E-state index in [9.17, 15) is 14.4 Å². The molecular weight excluding hydrogens is 298 g/mol. The van der Waals surface area contributed by atoms with E-state index in [4.69, 9.17) is 4.74 Å². The Morgan fingerprint density at radius 2 is 2.09 bits per heavy atom. The summed E-state index contributed by atoms with van der Waals surface area (Å²) in [6.45, 7) is 1.37. The van der Waals surface area contributed by atoms with Crippen LogP contribution < -0.4 is 16.4 Å². The summed E-state index contributed by atoms with van der Waals surface area (Å²) < 4.78 is 6.62. The molecule has 2 N–H and O–H groups in total. The predicted octanol–water partition coefficient (Wildman–Crippen LogP) is 0.375. The number of hydrogen-bond acceptors (Lipinski definition) is 4. The smallest absolute Gasteiger partial charge is 0.273 e. The zero-order chi connectivity index (χ0) is 16.2. The lowest BCUT2D eigenvalue weighted by Gasteiger charge is -2.11. The first-order valence-electron chi connectivity index (χ1n) is 7.75. The Morgan fingerprint density at radius 3 is 2.83 bits per heavy atom. The molecule has 1 amide bonds. The normalized spacial score (nSPS) is 17.5. The van der Waals surface area contributed by atoms with Gasteiger partial charge in [-0.25, -0.2) is 4.68 Å². The Balaban J connectivity index is 1.65. The second-order valence-electron chi connectivity index (χ2n) is 5.63. The fraction of sp³-hybridized carbons (Fsp3) is 0.438. The highest BCUT2D eigenvalue weighted by Crippen LogP contribution is 2.10. The van der Waals surface area contributed by atoms with Gasteiger partial charge in [-0.05, 0) is 25.0 Å². The Hall–Kier alpha value is -2.41. The molecule has 1 fully saturated rings. The van der Waals surface area contributed by atoms with E-state index in [2.05, 4.69) is 10.4 Å². The molecule has 1 aromatic carbocycles. The van der Waals surface area contributed by atoms with Crippen molar-refractivity contribution in [2.75, 3.05) is 13.2 Å². The van der Waals surface area contributed by atoms with Crippen LogP contribution in [0.25, 0.3) is 10.8 Å². The van der Waals surface area contributed by atoms with Crippen molar-refractivity contribution >= 4 is 16.7 Å². The fourth-order valence-electron chi connectivity index (χ4n) is 2.74. The molecular formula is C16H19N3O4. The van der Waals surface area contributed by atoms with Crippen LogP contribution >= 0.6 is 0 Å². The van der Waals surface area contributed by atoms with Gasteiger partial charge < -0.3 is 10.1 Å². The first-order chi connectivity index (χ1) is 11.1. The van der Waals surface area contributed by atoms with E-state index in [1.165, 1.54) is 4.68 Å². The average molecular weight is 317 g/mol. The highest BCUT2D eigenvalue weighted by atomic mass is 16.5. The van der Waals surface area contributed by atoms with Gasteiger partial charge in [-0.3, -0.25) is 19.5 Å². The summed E-state index contributed by atoms with van der Waals surface area (Å²) in [4.78, 5) is 36.1. The summed E-state index contributed by atoms with van der Waals surface area (Å²) in [5.74, 6) is -0.165. The topological polar surface area (TPSA) is 93.2 Å². The Morgan fingerprint density at radius 1 is 1.30 bits per heavy atom. The van der Waals surface area contributed by atoms with Crippen LogP contribution in [0.5, 0.6) is 0 Å². The second-order valence-corrected chi connectivity index (χ2v) is 5.63. The third kappa shape index (κ3) is 3.50. The van der Waals surface area contributed by atoms with Crippen molar-refractivity contribution in [1.29, 1.82) is 0 Å². The number of hydrogen-bond donors (Lipinski definition) is 2. The number of carbonyl (C=O) groups is 1. The molecule has 1 aliphatic rings. The van der Waals surface area contributed by atoms with Crippen LogP contribution in [0.1, 0.15) is 19.3 Å². The molecule has 2 heterocycles. The standard InChI is InChI=1S/C16H19N3O4/c20-14(17-10-11-4-3-9-23-11)7-8-19-16(22)13-6-2-1-5-12(13)15(21)18-19/h1-2,5-6,11H,3-4,7-10H2,(H,17,20)(H,18,21). The second kappa shape index (κ2) is 6.78. The molecule has 0 aliphatic carbocycles. The zero-order valence-corrected chi connectivity index (χ0v) is 12.7. The van der Waals surface area contributed by atoms with Crippen molar-refractivity contribution in [2.45, 2.75) is 31.9 Å². The first kappa shape index (κ1) is 15.5. The number of carbonyl (C=O) groups excluding carboxylic acids is 1. The molecule has 23 heavy (non-hydrogen) atoms. The van der Waals surface area contributed by atoms with Crippen molar-refractivity contribution in [2.24, 2.45) is 0 Å². The van der Waals surface area contributed by atoms with Crippen LogP contribution in [0.3, 0.4) is 0 Å². The number of aryl methyl sites for hydroxylation is 1. The Bertz CT molecular complexity index is 818. The first-order valence-corrected chi connectivity index (χ1v) is 7.75. The lowest BCUT2D eigenvalue weighted by Crippen LogP contribution is -2.35. The molecule has 1 aliphatic heterocycles. The van der Waals surface area contributed by atoms with E-state index in [0.29, 0.717) is 17.3 Å². The molecule has 7 heteroatoms. The molecule has 0 bridgehead atoms. The van der Waals surface area contributed by atoms with Gasteiger partial charge in [-0.1, -0.05) is 12.1 Å². The largest absolute Gasteiger partial charge is 0.376 e. The maximum absolute atomic E-state index is 12.3. The summed E-state index contributed by atoms with van der Waals surface area (Å²) in [6.07, 6.45) is 2.19. The van der Waals surface area contributed by atoms with E-state index in [1.807, 2.05) is 0 Å². The van der Waals surface area contributed by atoms with E-state index in [0.717, 1.165) is 19.4 Å². The highest BCUT2D eigenvalue weighted by Gasteiger charge is 2.16. The lowest BCUT2D eigenvalue weighted by atomic mass is 10.2. The van der Waals surface area contributed by atoms with Crippen LogP contribution in [-0.2, 0) is 16.1 Å². The third-order valence-corrected chi connectivity index (χ3v) is 4.00. The molecule has 0 radical (unpaired) electrons. The average Bonchev–Trinajstić information content (AvgIpc) is 3.08.